The van der Waals surface area contributed by atoms with Crippen LogP contribution in [0, 0.1) is 13.8 Å². The van der Waals surface area contributed by atoms with Crippen LogP contribution in [0.25, 0.3) is 10.2 Å². The molecule has 0 spiro atoms. The van der Waals surface area contributed by atoms with Crippen LogP contribution in [0.15, 0.2) is 23.1 Å². The van der Waals surface area contributed by atoms with Gasteiger partial charge in [-0.15, -0.1) is 23.1 Å². The summed E-state index contributed by atoms with van der Waals surface area (Å²) in [6.07, 6.45) is 1.68. The van der Waals surface area contributed by atoms with Crippen LogP contribution in [-0.2, 0) is 17.1 Å². The second-order valence-electron chi connectivity index (χ2n) is 7.28. The maximum Gasteiger partial charge on any atom is 0.259 e. The number of H-pyrrole nitrogens is 1. The van der Waals surface area contributed by atoms with Crippen LogP contribution in [0.1, 0.15) is 42.6 Å². The highest BCUT2D eigenvalue weighted by atomic mass is 32.2. The molecule has 3 aromatic heterocycles. The highest BCUT2D eigenvalue weighted by Gasteiger charge is 2.17. The fourth-order valence-electron chi connectivity index (χ4n) is 2.86. The first-order valence-electron chi connectivity index (χ1n) is 9.75. The quantitative estimate of drug-likeness (QED) is 0.547. The first-order chi connectivity index (χ1) is 14.3. The highest BCUT2D eigenvalue weighted by Crippen LogP contribution is 2.26. The van der Waals surface area contributed by atoms with E-state index in [9.17, 15) is 9.59 Å². The lowest BCUT2D eigenvalue weighted by Gasteiger charge is -2.15. The summed E-state index contributed by atoms with van der Waals surface area (Å²) in [7, 11) is 0. The number of pyridine rings is 1. The number of hydrogen-bond donors (Lipinski definition) is 2. The highest BCUT2D eigenvalue weighted by molar-refractivity contribution is 7.99. The third kappa shape index (κ3) is 5.20. The zero-order valence-corrected chi connectivity index (χ0v) is 19.4. The fourth-order valence-corrected chi connectivity index (χ4v) is 4.69. The van der Waals surface area contributed by atoms with Crippen LogP contribution >= 0.6 is 23.1 Å². The van der Waals surface area contributed by atoms with Gasteiger partial charge in [0.05, 0.1) is 22.5 Å². The fraction of sp³-hybridized carbons (Fsp3) is 0.429. The Kier molecular flexibility index (Phi) is 7.14. The van der Waals surface area contributed by atoms with Crippen molar-refractivity contribution < 1.29 is 9.53 Å². The van der Waals surface area contributed by atoms with Crippen molar-refractivity contribution >= 4 is 39.2 Å². The number of carbonyl (C=O) groups excluding carboxylic acids is 1. The molecule has 1 amide bonds. The van der Waals surface area contributed by atoms with E-state index in [4.69, 9.17) is 4.74 Å². The Hall–Kier alpha value is -2.39. The predicted octanol–water partition coefficient (Wildman–Crippen LogP) is 3.72. The number of aryl methyl sites for hydroxylation is 2. The Bertz CT molecular complexity index is 1110. The Balaban J connectivity index is 1.59. The summed E-state index contributed by atoms with van der Waals surface area (Å²) in [6, 6.07) is 3.71. The van der Waals surface area contributed by atoms with Crippen LogP contribution in [0.5, 0.6) is 5.88 Å². The van der Waals surface area contributed by atoms with Crippen molar-refractivity contribution in [2.75, 3.05) is 0 Å². The van der Waals surface area contributed by atoms with Crippen LogP contribution in [0.4, 0.5) is 0 Å². The Morgan fingerprint density at radius 2 is 2.10 bits per heavy atom. The van der Waals surface area contributed by atoms with Gasteiger partial charge in [-0.25, -0.2) is 9.97 Å². The van der Waals surface area contributed by atoms with E-state index < -0.39 is 0 Å². The molecule has 0 saturated carbocycles. The van der Waals surface area contributed by atoms with Gasteiger partial charge in [0.1, 0.15) is 10.7 Å². The van der Waals surface area contributed by atoms with Gasteiger partial charge in [0.15, 0.2) is 0 Å². The number of fused-ring (bicyclic) bond motifs is 1. The van der Waals surface area contributed by atoms with Crippen molar-refractivity contribution in [1.82, 2.24) is 20.3 Å². The minimum Gasteiger partial charge on any atom is -0.475 e. The normalized spacial score (nSPS) is 12.3. The minimum absolute atomic E-state index is 0.00625. The van der Waals surface area contributed by atoms with Gasteiger partial charge in [-0.05, 0) is 46.2 Å². The SMILES string of the molecule is Cc1sc2nc(CSC(C)C(=O)NCc3cccnc3OC(C)C)[nH]c(=O)c2c1C. The molecule has 3 heterocycles. The topological polar surface area (TPSA) is 97.0 Å². The molecule has 1 atom stereocenters. The van der Waals surface area contributed by atoms with Gasteiger partial charge in [-0.3, -0.25) is 9.59 Å². The molecule has 3 aromatic rings. The van der Waals surface area contributed by atoms with Crippen molar-refractivity contribution in [3.8, 4) is 5.88 Å². The lowest BCUT2D eigenvalue weighted by molar-refractivity contribution is -0.120. The number of nitrogens with zero attached hydrogens (tertiary/aromatic N) is 2. The van der Waals surface area contributed by atoms with Gasteiger partial charge < -0.3 is 15.0 Å². The van der Waals surface area contributed by atoms with Crippen molar-refractivity contribution in [3.63, 3.8) is 0 Å². The molecule has 30 heavy (non-hydrogen) atoms. The molecule has 9 heteroatoms. The van der Waals surface area contributed by atoms with Gasteiger partial charge in [0, 0.05) is 23.2 Å². The van der Waals surface area contributed by atoms with Gasteiger partial charge in [-0.2, -0.15) is 0 Å². The van der Waals surface area contributed by atoms with Crippen molar-refractivity contribution in [2.24, 2.45) is 0 Å². The van der Waals surface area contributed by atoms with Gasteiger partial charge in [0.2, 0.25) is 11.8 Å². The number of nitrogens with one attached hydrogen (secondary N) is 2. The smallest absolute Gasteiger partial charge is 0.259 e. The summed E-state index contributed by atoms with van der Waals surface area (Å²) in [5, 5.41) is 3.29. The van der Waals surface area contributed by atoms with Crippen LogP contribution in [0.2, 0.25) is 0 Å². The first-order valence-corrected chi connectivity index (χ1v) is 11.6. The van der Waals surface area contributed by atoms with E-state index in [2.05, 4.69) is 20.3 Å². The molecule has 3 rings (SSSR count). The van der Waals surface area contributed by atoms with Gasteiger partial charge in [-0.1, -0.05) is 6.07 Å². The number of carbonyl (C=O) groups is 1. The van der Waals surface area contributed by atoms with Crippen molar-refractivity contribution in [2.45, 2.75) is 58.3 Å². The molecule has 1 unspecified atom stereocenters. The molecule has 0 aliphatic carbocycles. The lowest BCUT2D eigenvalue weighted by Crippen LogP contribution is -2.31. The third-order valence-electron chi connectivity index (χ3n) is 4.58. The number of hydrogen-bond acceptors (Lipinski definition) is 7. The van der Waals surface area contributed by atoms with Crippen molar-refractivity contribution in [3.05, 3.63) is 50.5 Å². The Labute approximate surface area is 183 Å². The number of aromatic nitrogens is 3. The molecular weight excluding hydrogens is 420 g/mol. The standard InChI is InChI=1S/C21H26N4O3S2/c1-11(2)28-20-15(7-6-8-22-20)9-23-18(26)14(5)29-10-16-24-19(27)17-12(3)13(4)30-21(17)25-16/h6-8,11,14H,9-10H2,1-5H3,(H,23,26)(H,24,25,27). The average molecular weight is 447 g/mol. The monoisotopic (exact) mass is 446 g/mol. The zero-order valence-electron chi connectivity index (χ0n) is 17.7. The summed E-state index contributed by atoms with van der Waals surface area (Å²) in [6.45, 7) is 9.97. The number of rotatable bonds is 8. The van der Waals surface area contributed by atoms with Crippen LogP contribution < -0.4 is 15.6 Å². The third-order valence-corrected chi connectivity index (χ3v) is 6.83. The number of amides is 1. The lowest BCUT2D eigenvalue weighted by atomic mass is 10.2. The molecule has 0 fully saturated rings. The van der Waals surface area contributed by atoms with E-state index >= 15 is 0 Å². The molecule has 7 nitrogen and oxygen atoms in total. The number of aromatic amines is 1. The summed E-state index contributed by atoms with van der Waals surface area (Å²) in [5.41, 5.74) is 1.69. The van der Waals surface area contributed by atoms with Gasteiger partial charge in [0.25, 0.3) is 5.56 Å². The number of ether oxygens (including phenoxy) is 1. The largest absolute Gasteiger partial charge is 0.475 e. The molecule has 0 bridgehead atoms. The number of thiophene rings is 1. The summed E-state index contributed by atoms with van der Waals surface area (Å²) in [5.74, 6) is 1.47. The second kappa shape index (κ2) is 9.61. The zero-order chi connectivity index (χ0) is 21.8. The maximum absolute atomic E-state index is 12.5. The minimum atomic E-state index is -0.302. The van der Waals surface area contributed by atoms with E-state index in [1.54, 1.807) is 6.20 Å². The Morgan fingerprint density at radius 3 is 2.83 bits per heavy atom. The predicted molar refractivity (Wildman–Crippen MR) is 122 cm³/mol. The van der Waals surface area contributed by atoms with E-state index in [1.807, 2.05) is 46.8 Å². The molecule has 0 saturated heterocycles. The molecule has 0 radical (unpaired) electrons. The van der Waals surface area contributed by atoms with Crippen molar-refractivity contribution in [1.29, 1.82) is 0 Å². The molecule has 2 N–H and O–H groups in total. The molecule has 0 aliphatic heterocycles. The molecule has 0 aliphatic rings. The Morgan fingerprint density at radius 1 is 1.33 bits per heavy atom. The summed E-state index contributed by atoms with van der Waals surface area (Å²) in [4.78, 5) is 38.4. The molecule has 0 aromatic carbocycles. The molecule has 160 valence electrons. The second-order valence-corrected chi connectivity index (χ2v) is 9.81. The summed E-state index contributed by atoms with van der Waals surface area (Å²) < 4.78 is 5.69. The number of thioether (sulfide) groups is 1. The van der Waals surface area contributed by atoms with Crippen LogP contribution in [0.3, 0.4) is 0 Å². The van der Waals surface area contributed by atoms with Crippen LogP contribution in [-0.4, -0.2) is 32.2 Å². The van der Waals surface area contributed by atoms with E-state index in [-0.39, 0.29) is 22.8 Å². The maximum atomic E-state index is 12.5. The van der Waals surface area contributed by atoms with Gasteiger partial charge >= 0.3 is 0 Å². The van der Waals surface area contributed by atoms with E-state index in [0.29, 0.717) is 29.4 Å². The average Bonchev–Trinajstić information content (AvgIpc) is 2.98. The summed E-state index contributed by atoms with van der Waals surface area (Å²) >= 11 is 2.95. The van der Waals surface area contributed by atoms with E-state index in [0.717, 1.165) is 20.8 Å². The molecular formula is C21H26N4O3S2. The first kappa shape index (κ1) is 22.3. The van der Waals surface area contributed by atoms with E-state index in [1.165, 1.54) is 23.1 Å².